The van der Waals surface area contributed by atoms with E-state index >= 15 is 0 Å². The van der Waals surface area contributed by atoms with Crippen LogP contribution in [0.4, 0.5) is 22.0 Å². The average Bonchev–Trinajstić information content (AvgIpc) is 3.16. The first-order valence-electron chi connectivity index (χ1n) is 9.54. The number of aryl methyl sites for hydroxylation is 1. The summed E-state index contributed by atoms with van der Waals surface area (Å²) in [6.45, 7) is 1.06. The molecule has 3 aromatic rings. The van der Waals surface area contributed by atoms with E-state index in [1.165, 1.54) is 18.0 Å². The van der Waals surface area contributed by atoms with Crippen LogP contribution in [0.25, 0.3) is 16.9 Å². The average molecular weight is 502 g/mol. The molecule has 3 rings (SSSR count). The van der Waals surface area contributed by atoms with Gasteiger partial charge in [0, 0.05) is 41.7 Å². The summed E-state index contributed by atoms with van der Waals surface area (Å²) >= 11 is 0. The molecule has 0 saturated carbocycles. The number of aliphatic carboxylic acids is 1. The number of aromatic nitrogens is 5. The molecule has 0 fully saturated rings. The van der Waals surface area contributed by atoms with Crippen molar-refractivity contribution in [2.45, 2.75) is 19.6 Å². The smallest absolute Gasteiger partial charge is 0.481 e. The fourth-order valence-corrected chi connectivity index (χ4v) is 2.62. The van der Waals surface area contributed by atoms with Crippen LogP contribution < -0.4 is 16.2 Å². The van der Waals surface area contributed by atoms with Gasteiger partial charge in [-0.15, -0.1) is 0 Å². The van der Waals surface area contributed by atoms with Gasteiger partial charge < -0.3 is 15.6 Å². The second-order valence-electron chi connectivity index (χ2n) is 6.77. The van der Waals surface area contributed by atoms with Crippen molar-refractivity contribution in [2.75, 3.05) is 13.7 Å². The minimum atomic E-state index is -5.08. The highest BCUT2D eigenvalue weighted by molar-refractivity contribution is 5.73. The molecule has 15 heteroatoms. The van der Waals surface area contributed by atoms with Gasteiger partial charge in [-0.05, 0) is 24.6 Å². The monoisotopic (exact) mass is 502 g/mol. The van der Waals surface area contributed by atoms with Crippen molar-refractivity contribution in [1.29, 1.82) is 0 Å². The van der Waals surface area contributed by atoms with Gasteiger partial charge in [0.15, 0.2) is 0 Å². The maximum absolute atomic E-state index is 12.8. The van der Waals surface area contributed by atoms with Gasteiger partial charge in [0.2, 0.25) is 5.88 Å². The van der Waals surface area contributed by atoms with Gasteiger partial charge in [-0.1, -0.05) is 0 Å². The number of nitrogens with two attached hydrogens (primary N) is 1. The molecule has 0 saturated heterocycles. The molecule has 35 heavy (non-hydrogen) atoms. The topological polar surface area (TPSA) is 138 Å². The van der Waals surface area contributed by atoms with E-state index < -0.39 is 23.9 Å². The largest absolute Gasteiger partial charge is 0.490 e. The van der Waals surface area contributed by atoms with Crippen molar-refractivity contribution in [3.05, 3.63) is 64.6 Å². The number of carboxylic acid groups (broad SMARTS) is 1. The highest BCUT2D eigenvalue weighted by atomic mass is 19.4. The first kappa shape index (κ1) is 27.1. The van der Waals surface area contributed by atoms with Crippen LogP contribution in [0.15, 0.2) is 53.4 Å². The van der Waals surface area contributed by atoms with E-state index in [9.17, 15) is 26.7 Å². The molecule has 3 heterocycles. The Morgan fingerprint density at radius 3 is 2.26 bits per heavy atom. The number of pyridine rings is 2. The molecule has 3 aromatic heterocycles. The predicted octanol–water partition coefficient (Wildman–Crippen LogP) is 2.55. The maximum atomic E-state index is 12.8. The summed E-state index contributed by atoms with van der Waals surface area (Å²) in [7, 11) is 1.54. The molecule has 0 atom stereocenters. The van der Waals surface area contributed by atoms with Crippen molar-refractivity contribution in [3.63, 3.8) is 0 Å². The molecule has 188 valence electrons. The van der Waals surface area contributed by atoms with E-state index in [-0.39, 0.29) is 18.7 Å². The first-order chi connectivity index (χ1) is 16.4. The molecule has 0 amide bonds. The summed E-state index contributed by atoms with van der Waals surface area (Å²) in [5.74, 6) is -1.90. The van der Waals surface area contributed by atoms with Gasteiger partial charge in [0.1, 0.15) is 12.1 Å². The van der Waals surface area contributed by atoms with E-state index in [4.69, 9.17) is 20.4 Å². The Bertz CT molecular complexity index is 1260. The lowest BCUT2D eigenvalue weighted by atomic mass is 10.1. The quantitative estimate of drug-likeness (QED) is 0.491. The van der Waals surface area contributed by atoms with Gasteiger partial charge in [0.25, 0.3) is 6.08 Å². The number of carboxylic acids is 1. The van der Waals surface area contributed by atoms with E-state index in [2.05, 4.69) is 15.1 Å². The molecule has 0 aromatic carbocycles. The Labute approximate surface area is 194 Å². The highest BCUT2D eigenvalue weighted by Crippen LogP contribution is 2.22. The fraction of sp³-hybridized carbons (Fsp3) is 0.250. The number of nitrogens with zero attached hydrogens (tertiary/aromatic N) is 5. The van der Waals surface area contributed by atoms with E-state index in [0.29, 0.717) is 17.3 Å². The Hall–Kier alpha value is -4.14. The molecule has 0 radical (unpaired) electrons. The standard InChI is InChI=1S/C18H18F2N6O2.C2HF3O2/c1-11-5-13(12-3-4-15(28-2)22-7-12)8-23-17(11)25-10-24-26(18(25)27)9-14(6-21)16(19)20;3-2(4,5)1(6)7/h3-5,7-8,10H,6,9,21H2,1-2H3;(H,6,7). The molecule has 0 spiro atoms. The number of rotatable bonds is 6. The van der Waals surface area contributed by atoms with Crippen LogP contribution in [0, 0.1) is 6.92 Å². The van der Waals surface area contributed by atoms with Crippen molar-refractivity contribution < 1.29 is 36.6 Å². The fourth-order valence-electron chi connectivity index (χ4n) is 2.62. The van der Waals surface area contributed by atoms with Crippen LogP contribution >= 0.6 is 0 Å². The molecular formula is C20H19F5N6O4. The van der Waals surface area contributed by atoms with Crippen LogP contribution in [0.1, 0.15) is 5.56 Å². The number of ether oxygens (including phenoxy) is 1. The zero-order chi connectivity index (χ0) is 26.3. The number of hydrogen-bond acceptors (Lipinski definition) is 7. The number of alkyl halides is 3. The molecule has 10 nitrogen and oxygen atoms in total. The number of halogens is 5. The zero-order valence-electron chi connectivity index (χ0n) is 18.3. The summed E-state index contributed by atoms with van der Waals surface area (Å²) in [6.07, 6.45) is -2.49. The van der Waals surface area contributed by atoms with Crippen LogP contribution in [0.5, 0.6) is 5.88 Å². The molecule has 0 aliphatic rings. The molecule has 0 bridgehead atoms. The van der Waals surface area contributed by atoms with Crippen LogP contribution in [-0.4, -0.2) is 55.2 Å². The molecule has 0 aliphatic carbocycles. The van der Waals surface area contributed by atoms with E-state index in [1.54, 1.807) is 25.4 Å². The second kappa shape index (κ2) is 11.3. The highest BCUT2D eigenvalue weighted by Gasteiger charge is 2.38. The van der Waals surface area contributed by atoms with Gasteiger partial charge in [-0.2, -0.15) is 27.1 Å². The minimum Gasteiger partial charge on any atom is -0.481 e. The van der Waals surface area contributed by atoms with Crippen molar-refractivity contribution >= 4 is 5.97 Å². The third-order valence-corrected chi connectivity index (χ3v) is 4.39. The Morgan fingerprint density at radius 2 is 1.80 bits per heavy atom. The predicted molar refractivity (Wildman–Crippen MR) is 112 cm³/mol. The van der Waals surface area contributed by atoms with Crippen molar-refractivity contribution in [1.82, 2.24) is 24.3 Å². The normalized spacial score (nSPS) is 10.9. The Balaban J connectivity index is 0.000000540. The minimum absolute atomic E-state index is 0.348. The lowest BCUT2D eigenvalue weighted by molar-refractivity contribution is -0.192. The summed E-state index contributed by atoms with van der Waals surface area (Å²) in [4.78, 5) is 29.9. The van der Waals surface area contributed by atoms with Crippen LogP contribution in [0.3, 0.4) is 0 Å². The maximum Gasteiger partial charge on any atom is 0.490 e. The van der Waals surface area contributed by atoms with Crippen LogP contribution in [0.2, 0.25) is 0 Å². The zero-order valence-corrected chi connectivity index (χ0v) is 18.3. The van der Waals surface area contributed by atoms with Crippen molar-refractivity contribution in [2.24, 2.45) is 5.73 Å². The summed E-state index contributed by atoms with van der Waals surface area (Å²) in [5.41, 5.74) is 6.72. The summed E-state index contributed by atoms with van der Waals surface area (Å²) in [6, 6.07) is 5.43. The summed E-state index contributed by atoms with van der Waals surface area (Å²) in [5, 5.41) is 11.0. The number of methoxy groups -OCH3 is 1. The lowest BCUT2D eigenvalue weighted by Gasteiger charge is -2.08. The number of carbonyl (C=O) groups is 1. The molecular weight excluding hydrogens is 483 g/mol. The van der Waals surface area contributed by atoms with Gasteiger partial charge in [-0.3, -0.25) is 0 Å². The van der Waals surface area contributed by atoms with Crippen molar-refractivity contribution in [3.8, 4) is 22.8 Å². The van der Waals surface area contributed by atoms with Crippen LogP contribution in [-0.2, 0) is 11.3 Å². The molecule has 0 unspecified atom stereocenters. The van der Waals surface area contributed by atoms with Gasteiger partial charge >= 0.3 is 17.8 Å². The first-order valence-corrected chi connectivity index (χ1v) is 9.54. The lowest BCUT2D eigenvalue weighted by Crippen LogP contribution is -2.27. The Kier molecular flexibility index (Phi) is 8.77. The summed E-state index contributed by atoms with van der Waals surface area (Å²) < 4.78 is 64.5. The molecule has 3 N–H and O–H groups in total. The number of hydrogen-bond donors (Lipinski definition) is 2. The SMILES string of the molecule is COc1ccc(-c2cnc(-n3cnn(CC(CN)=C(F)F)c3=O)c(C)c2)cn1.O=C(O)C(F)(F)F. The Morgan fingerprint density at radius 1 is 1.17 bits per heavy atom. The van der Waals surface area contributed by atoms with E-state index in [1.807, 2.05) is 12.1 Å². The third kappa shape index (κ3) is 6.92. The molecule has 0 aliphatic heterocycles. The van der Waals surface area contributed by atoms with Gasteiger partial charge in [0.05, 0.1) is 13.7 Å². The second-order valence-corrected chi connectivity index (χ2v) is 6.77. The third-order valence-electron chi connectivity index (χ3n) is 4.39. The van der Waals surface area contributed by atoms with E-state index in [0.717, 1.165) is 15.8 Å². The van der Waals surface area contributed by atoms with Gasteiger partial charge in [-0.25, -0.2) is 28.8 Å².